The lowest BCUT2D eigenvalue weighted by Gasteiger charge is -2.54. The molecule has 2 aromatic rings. The van der Waals surface area contributed by atoms with Crippen molar-refractivity contribution in [3.63, 3.8) is 0 Å². The summed E-state index contributed by atoms with van der Waals surface area (Å²) in [6.45, 7) is 8.89. The Balaban J connectivity index is 1.04. The number of nitrogens with one attached hydrogen (secondary N) is 1. The molecule has 1 aromatic heterocycles. The molecule has 1 aliphatic carbocycles. The second-order valence-corrected chi connectivity index (χ2v) is 13.3. The maximum Gasteiger partial charge on any atom is 0.282 e. The molecule has 10 nitrogen and oxygen atoms in total. The monoisotopic (exact) mass is 579 g/mol. The Kier molecular flexibility index (Phi) is 7.80. The van der Waals surface area contributed by atoms with Crippen LogP contribution in [0.25, 0.3) is 0 Å². The zero-order valence-electron chi connectivity index (χ0n) is 24.9. The number of likely N-dealkylation sites (tertiary alicyclic amines) is 1. The molecule has 2 spiro atoms. The molecule has 0 unspecified atom stereocenters. The summed E-state index contributed by atoms with van der Waals surface area (Å²) in [6.07, 6.45) is 10.0. The maximum atomic E-state index is 14.1. The summed E-state index contributed by atoms with van der Waals surface area (Å²) in [5, 5.41) is 11.4. The Bertz CT molecular complexity index is 1310. The van der Waals surface area contributed by atoms with E-state index in [1.54, 1.807) is 11.9 Å². The fourth-order valence-electron chi connectivity index (χ4n) is 7.19. The molecular weight excluding hydrogens is 537 g/mol. The van der Waals surface area contributed by atoms with Gasteiger partial charge >= 0.3 is 0 Å². The van der Waals surface area contributed by atoms with E-state index >= 15 is 0 Å². The average Bonchev–Trinajstić information content (AvgIpc) is 3.33. The molecule has 6 rings (SSSR count). The van der Waals surface area contributed by atoms with E-state index in [9.17, 15) is 14.0 Å². The fraction of sp³-hybridized carbons (Fsp3) is 0.645. The zero-order valence-corrected chi connectivity index (χ0v) is 24.9. The Morgan fingerprint density at radius 2 is 1.90 bits per heavy atom. The first kappa shape index (κ1) is 28.8. The molecule has 42 heavy (non-hydrogen) atoms. The van der Waals surface area contributed by atoms with Crippen molar-refractivity contribution in [1.82, 2.24) is 30.3 Å². The summed E-state index contributed by atoms with van der Waals surface area (Å²) in [4.78, 5) is 35.6. The number of aromatic nitrogens is 3. The molecule has 0 bridgehead atoms. The average molecular weight is 580 g/mol. The van der Waals surface area contributed by atoms with Gasteiger partial charge in [0.1, 0.15) is 17.9 Å². The van der Waals surface area contributed by atoms with Crippen LogP contribution in [0.3, 0.4) is 0 Å². The zero-order chi connectivity index (χ0) is 29.5. The molecule has 4 fully saturated rings. The van der Waals surface area contributed by atoms with Crippen molar-refractivity contribution in [3.05, 3.63) is 35.9 Å². The molecule has 1 N–H and O–H groups in total. The molecule has 11 heteroatoms. The number of amides is 2. The summed E-state index contributed by atoms with van der Waals surface area (Å²) in [6, 6.07) is 3.87. The Labute approximate surface area is 247 Å². The van der Waals surface area contributed by atoms with Gasteiger partial charge in [-0.15, -0.1) is 10.2 Å². The lowest BCUT2D eigenvalue weighted by molar-refractivity contribution is -0.120. The van der Waals surface area contributed by atoms with Crippen molar-refractivity contribution in [2.24, 2.45) is 11.3 Å². The topological polar surface area (TPSA) is 104 Å². The third-order valence-electron chi connectivity index (χ3n) is 10.1. The number of nitrogens with zero attached hydrogens (tertiary/aromatic N) is 6. The third kappa shape index (κ3) is 5.80. The molecule has 3 aliphatic heterocycles. The molecule has 4 heterocycles. The van der Waals surface area contributed by atoms with Crippen LogP contribution >= 0.6 is 0 Å². The Hall–Kier alpha value is -3.34. The second kappa shape index (κ2) is 11.4. The minimum Gasteiger partial charge on any atom is -0.434 e. The fourth-order valence-corrected chi connectivity index (χ4v) is 7.19. The maximum absolute atomic E-state index is 14.1. The van der Waals surface area contributed by atoms with E-state index in [1.807, 2.05) is 13.8 Å². The molecule has 0 atom stereocenters. The number of rotatable bonds is 7. The highest BCUT2D eigenvalue weighted by Gasteiger charge is 2.47. The number of carbonyl (C=O) groups is 2. The first-order chi connectivity index (χ1) is 20.1. The molecule has 3 saturated heterocycles. The lowest BCUT2D eigenvalue weighted by Crippen LogP contribution is -2.61. The Morgan fingerprint density at radius 3 is 2.57 bits per heavy atom. The van der Waals surface area contributed by atoms with Crippen LogP contribution in [-0.2, 0) is 4.79 Å². The molecule has 2 amide bonds. The van der Waals surface area contributed by atoms with Crippen LogP contribution in [0.15, 0.2) is 24.5 Å². The van der Waals surface area contributed by atoms with Gasteiger partial charge in [0.25, 0.3) is 11.8 Å². The van der Waals surface area contributed by atoms with E-state index in [2.05, 4.69) is 30.3 Å². The van der Waals surface area contributed by atoms with E-state index in [-0.39, 0.29) is 46.0 Å². The quantitative estimate of drug-likeness (QED) is 0.525. The van der Waals surface area contributed by atoms with Crippen LogP contribution in [0, 0.1) is 17.2 Å². The van der Waals surface area contributed by atoms with Gasteiger partial charge < -0.3 is 24.8 Å². The van der Waals surface area contributed by atoms with Crippen molar-refractivity contribution in [2.75, 3.05) is 44.7 Å². The van der Waals surface area contributed by atoms with Crippen LogP contribution in [-0.4, -0.2) is 88.1 Å². The number of piperidine rings is 1. The minimum absolute atomic E-state index is 0.0537. The van der Waals surface area contributed by atoms with Crippen LogP contribution in [0.1, 0.15) is 75.6 Å². The van der Waals surface area contributed by atoms with Crippen molar-refractivity contribution in [3.8, 4) is 11.6 Å². The predicted octanol–water partition coefficient (Wildman–Crippen LogP) is 4.02. The van der Waals surface area contributed by atoms with Gasteiger partial charge in [0.2, 0.25) is 5.91 Å². The molecule has 4 aliphatic rings. The highest BCUT2D eigenvalue weighted by atomic mass is 19.1. The van der Waals surface area contributed by atoms with Gasteiger partial charge in [0, 0.05) is 50.1 Å². The number of ether oxygens (including phenoxy) is 1. The third-order valence-corrected chi connectivity index (χ3v) is 10.1. The van der Waals surface area contributed by atoms with Gasteiger partial charge in [-0.2, -0.15) is 0 Å². The number of hydrogen-bond acceptors (Lipinski definition) is 8. The largest absolute Gasteiger partial charge is 0.434 e. The summed E-state index contributed by atoms with van der Waals surface area (Å²) < 4.78 is 20.2. The SMILES string of the molecule is CC(C)N(C)C(=O)c1cc(F)ccc1Oc1nncnc1N1CC2(CCN(C[C@H]3CC[C@@]4(CCC(=O)N4)CC3)CC2)C1. The minimum atomic E-state index is -0.508. The lowest BCUT2D eigenvalue weighted by atomic mass is 9.71. The first-order valence-electron chi connectivity index (χ1n) is 15.3. The number of hydrogen-bond donors (Lipinski definition) is 1. The van der Waals surface area contributed by atoms with Crippen LogP contribution < -0.4 is 15.0 Å². The van der Waals surface area contributed by atoms with Crippen LogP contribution in [0.5, 0.6) is 11.6 Å². The summed E-state index contributed by atoms with van der Waals surface area (Å²) in [5.74, 6) is 1.14. The number of carbonyl (C=O) groups excluding carboxylic acids is 2. The van der Waals surface area contributed by atoms with E-state index in [0.717, 1.165) is 70.7 Å². The molecule has 1 aromatic carbocycles. The van der Waals surface area contributed by atoms with Crippen LogP contribution in [0.2, 0.25) is 0 Å². The second-order valence-electron chi connectivity index (χ2n) is 13.3. The highest BCUT2D eigenvalue weighted by Crippen LogP contribution is 2.45. The van der Waals surface area contributed by atoms with Gasteiger partial charge in [0.05, 0.1) is 5.56 Å². The number of halogens is 1. The van der Waals surface area contributed by atoms with Gasteiger partial charge in [-0.25, -0.2) is 9.37 Å². The summed E-state index contributed by atoms with van der Waals surface area (Å²) in [5.41, 5.74) is 0.475. The van der Waals surface area contributed by atoms with E-state index in [0.29, 0.717) is 12.2 Å². The predicted molar refractivity (Wildman–Crippen MR) is 156 cm³/mol. The van der Waals surface area contributed by atoms with Gasteiger partial charge in [-0.1, -0.05) is 0 Å². The smallest absolute Gasteiger partial charge is 0.282 e. The van der Waals surface area contributed by atoms with Crippen molar-refractivity contribution in [1.29, 1.82) is 0 Å². The summed E-state index contributed by atoms with van der Waals surface area (Å²) in [7, 11) is 1.68. The number of anilines is 1. The van der Waals surface area contributed by atoms with E-state index in [4.69, 9.17) is 4.74 Å². The normalized spacial score (nSPS) is 25.5. The van der Waals surface area contributed by atoms with Gasteiger partial charge in [-0.3, -0.25) is 9.59 Å². The molecule has 0 radical (unpaired) electrons. The van der Waals surface area contributed by atoms with Gasteiger partial charge in [0.15, 0.2) is 5.82 Å². The summed E-state index contributed by atoms with van der Waals surface area (Å²) >= 11 is 0. The molecule has 226 valence electrons. The van der Waals surface area contributed by atoms with Crippen molar-refractivity contribution >= 4 is 17.6 Å². The van der Waals surface area contributed by atoms with Crippen molar-refractivity contribution < 1.29 is 18.7 Å². The van der Waals surface area contributed by atoms with Crippen LogP contribution in [0.4, 0.5) is 10.2 Å². The molecule has 1 saturated carbocycles. The standard InChI is InChI=1S/C31H42FN7O3/c1-21(2)37(3)29(41)24-16-23(32)4-5-25(24)42-28-27(33-20-34-36-28)39-18-30(19-39)12-14-38(15-13-30)17-22-6-9-31(10-7-22)11-8-26(40)35-31/h4-5,16,20-22H,6-15,17-19H2,1-3H3,(H,35,40)/t22-,31-. The highest BCUT2D eigenvalue weighted by molar-refractivity contribution is 5.97. The van der Waals surface area contributed by atoms with Crippen molar-refractivity contribution in [2.45, 2.75) is 76.8 Å². The number of benzene rings is 1. The Morgan fingerprint density at radius 1 is 1.17 bits per heavy atom. The van der Waals surface area contributed by atoms with Gasteiger partial charge in [-0.05, 0) is 96.0 Å². The first-order valence-corrected chi connectivity index (χ1v) is 15.3. The molecular formula is C31H42FN7O3. The van der Waals surface area contributed by atoms with E-state index < -0.39 is 5.82 Å². The van der Waals surface area contributed by atoms with E-state index in [1.165, 1.54) is 37.4 Å².